The molecule has 3 aromatic rings. The lowest BCUT2D eigenvalue weighted by atomic mass is 10.3. The van der Waals surface area contributed by atoms with Crippen LogP contribution in [0.5, 0.6) is 11.5 Å². The summed E-state index contributed by atoms with van der Waals surface area (Å²) < 4.78 is 10.3. The molecule has 0 atom stereocenters. The summed E-state index contributed by atoms with van der Waals surface area (Å²) in [6.07, 6.45) is 1.49. The highest BCUT2D eigenvalue weighted by atomic mass is 35.5. The van der Waals surface area contributed by atoms with E-state index in [-0.39, 0.29) is 0 Å². The van der Waals surface area contributed by atoms with Gasteiger partial charge in [0.25, 0.3) is 0 Å². The van der Waals surface area contributed by atoms with Gasteiger partial charge in [-0.05, 0) is 42.5 Å². The van der Waals surface area contributed by atoms with Crippen LogP contribution in [0.25, 0.3) is 0 Å². The highest BCUT2D eigenvalue weighted by Gasteiger charge is 2.04. The first kappa shape index (κ1) is 16.9. The largest absolute Gasteiger partial charge is 0.497 e. The molecule has 0 spiro atoms. The number of ether oxygens (including phenoxy) is 2. The molecule has 2 aromatic carbocycles. The molecule has 6 nitrogen and oxygen atoms in total. The van der Waals surface area contributed by atoms with E-state index < -0.39 is 0 Å². The molecule has 1 heterocycles. The highest BCUT2D eigenvalue weighted by Crippen LogP contribution is 2.29. The molecular weight excluding hydrogens is 340 g/mol. The van der Waals surface area contributed by atoms with Crippen LogP contribution in [-0.2, 0) is 0 Å². The third-order valence-electron chi connectivity index (χ3n) is 3.45. The predicted octanol–water partition coefficient (Wildman–Crippen LogP) is 4.63. The van der Waals surface area contributed by atoms with Gasteiger partial charge in [0.15, 0.2) is 0 Å². The average Bonchev–Trinajstić information content (AvgIpc) is 2.63. The molecule has 0 saturated carbocycles. The third-order valence-corrected chi connectivity index (χ3v) is 3.75. The van der Waals surface area contributed by atoms with Crippen molar-refractivity contribution in [3.63, 3.8) is 0 Å². The van der Waals surface area contributed by atoms with E-state index in [1.807, 2.05) is 36.4 Å². The number of rotatable bonds is 6. The van der Waals surface area contributed by atoms with Gasteiger partial charge in [0.05, 0.1) is 19.2 Å². The van der Waals surface area contributed by atoms with Crippen LogP contribution in [0, 0.1) is 0 Å². The van der Waals surface area contributed by atoms with E-state index in [0.717, 1.165) is 17.1 Å². The van der Waals surface area contributed by atoms with Crippen molar-refractivity contribution < 1.29 is 9.47 Å². The molecule has 0 radical (unpaired) electrons. The quantitative estimate of drug-likeness (QED) is 0.671. The first-order valence-electron chi connectivity index (χ1n) is 7.51. The van der Waals surface area contributed by atoms with Crippen LogP contribution in [0.3, 0.4) is 0 Å². The molecule has 0 amide bonds. The number of aromatic nitrogens is 2. The van der Waals surface area contributed by atoms with Gasteiger partial charge in [-0.2, -0.15) is 0 Å². The number of benzene rings is 2. The van der Waals surface area contributed by atoms with E-state index in [9.17, 15) is 0 Å². The first-order valence-corrected chi connectivity index (χ1v) is 7.89. The number of nitrogens with one attached hydrogen (secondary N) is 2. The summed E-state index contributed by atoms with van der Waals surface area (Å²) in [5.41, 5.74) is 1.71. The maximum absolute atomic E-state index is 6.14. The summed E-state index contributed by atoms with van der Waals surface area (Å²) >= 11 is 6.14. The molecule has 7 heteroatoms. The maximum atomic E-state index is 6.14. The molecule has 0 aliphatic carbocycles. The van der Waals surface area contributed by atoms with Gasteiger partial charge < -0.3 is 20.1 Å². The standard InChI is InChI=1S/C18H17ClN4O2/c1-24-14-6-3-12(4-7-14)22-17-10-18(21-11-20-17)23-13-5-8-16(25-2)15(19)9-13/h3-11H,1-2H3,(H2,20,21,22,23). The number of hydrogen-bond acceptors (Lipinski definition) is 6. The van der Waals surface area contributed by atoms with E-state index in [4.69, 9.17) is 21.1 Å². The van der Waals surface area contributed by atoms with E-state index in [0.29, 0.717) is 22.4 Å². The zero-order valence-corrected chi connectivity index (χ0v) is 14.5. The minimum atomic E-state index is 0.526. The first-order chi connectivity index (χ1) is 12.2. The SMILES string of the molecule is COc1ccc(Nc2cc(Nc3ccc(OC)c(Cl)c3)ncn2)cc1. The fraction of sp³-hybridized carbons (Fsp3) is 0.111. The summed E-state index contributed by atoms with van der Waals surface area (Å²) in [7, 11) is 3.21. The van der Waals surface area contributed by atoms with Crippen molar-refractivity contribution in [1.82, 2.24) is 9.97 Å². The van der Waals surface area contributed by atoms with Crippen molar-refractivity contribution in [3.8, 4) is 11.5 Å². The smallest absolute Gasteiger partial charge is 0.137 e. The molecular formula is C18H17ClN4O2. The van der Waals surface area contributed by atoms with E-state index >= 15 is 0 Å². The lowest BCUT2D eigenvalue weighted by molar-refractivity contribution is 0.415. The molecule has 25 heavy (non-hydrogen) atoms. The molecule has 0 saturated heterocycles. The second-order valence-corrected chi connectivity index (χ2v) is 5.52. The number of anilines is 4. The lowest BCUT2D eigenvalue weighted by Crippen LogP contribution is -1.98. The summed E-state index contributed by atoms with van der Waals surface area (Å²) in [6.45, 7) is 0. The fourth-order valence-electron chi connectivity index (χ4n) is 2.21. The number of hydrogen-bond donors (Lipinski definition) is 2. The highest BCUT2D eigenvalue weighted by molar-refractivity contribution is 6.32. The number of nitrogens with zero attached hydrogens (tertiary/aromatic N) is 2. The van der Waals surface area contributed by atoms with Crippen molar-refractivity contribution in [3.05, 3.63) is 59.9 Å². The lowest BCUT2D eigenvalue weighted by Gasteiger charge is -2.10. The van der Waals surface area contributed by atoms with Gasteiger partial charge in [0.2, 0.25) is 0 Å². The Labute approximate surface area is 150 Å². The van der Waals surface area contributed by atoms with Crippen molar-refractivity contribution in [2.75, 3.05) is 24.9 Å². The zero-order chi connectivity index (χ0) is 17.6. The van der Waals surface area contributed by atoms with Crippen molar-refractivity contribution >= 4 is 34.6 Å². The van der Waals surface area contributed by atoms with Crippen LogP contribution in [-0.4, -0.2) is 24.2 Å². The Morgan fingerprint density at radius 3 is 2.04 bits per heavy atom. The van der Waals surface area contributed by atoms with Crippen molar-refractivity contribution in [2.45, 2.75) is 0 Å². The van der Waals surface area contributed by atoms with Gasteiger partial charge >= 0.3 is 0 Å². The Morgan fingerprint density at radius 2 is 1.44 bits per heavy atom. The Balaban J connectivity index is 1.73. The Bertz CT molecular complexity index is 856. The molecule has 0 aliphatic rings. The van der Waals surface area contributed by atoms with Gasteiger partial charge in [-0.1, -0.05) is 11.6 Å². The maximum Gasteiger partial charge on any atom is 0.137 e. The summed E-state index contributed by atoms with van der Waals surface area (Å²) in [4.78, 5) is 8.44. The van der Waals surface area contributed by atoms with Gasteiger partial charge in [-0.15, -0.1) is 0 Å². The molecule has 0 unspecified atom stereocenters. The van der Waals surface area contributed by atoms with Crippen molar-refractivity contribution in [1.29, 1.82) is 0 Å². The monoisotopic (exact) mass is 356 g/mol. The van der Waals surface area contributed by atoms with Gasteiger partial charge in [-0.3, -0.25) is 0 Å². The van der Waals surface area contributed by atoms with Gasteiger partial charge in [0.1, 0.15) is 29.5 Å². The van der Waals surface area contributed by atoms with E-state index in [1.54, 1.807) is 26.4 Å². The average molecular weight is 357 g/mol. The second kappa shape index (κ2) is 7.72. The molecule has 0 fully saturated rings. The molecule has 2 N–H and O–H groups in total. The minimum absolute atomic E-state index is 0.526. The zero-order valence-electron chi connectivity index (χ0n) is 13.8. The van der Waals surface area contributed by atoms with Gasteiger partial charge in [-0.25, -0.2) is 9.97 Å². The Hall–Kier alpha value is -2.99. The predicted molar refractivity (Wildman–Crippen MR) is 99.6 cm³/mol. The second-order valence-electron chi connectivity index (χ2n) is 5.12. The summed E-state index contributed by atoms with van der Waals surface area (Å²) in [6, 6.07) is 14.8. The molecule has 128 valence electrons. The van der Waals surface area contributed by atoms with Crippen LogP contribution >= 0.6 is 11.6 Å². The Morgan fingerprint density at radius 1 is 0.800 bits per heavy atom. The minimum Gasteiger partial charge on any atom is -0.497 e. The summed E-state index contributed by atoms with van der Waals surface area (Å²) in [5, 5.41) is 6.93. The fourth-order valence-corrected chi connectivity index (χ4v) is 2.47. The molecule has 0 bridgehead atoms. The molecule has 3 rings (SSSR count). The normalized spacial score (nSPS) is 10.2. The van der Waals surface area contributed by atoms with Crippen LogP contribution in [0.4, 0.5) is 23.0 Å². The number of halogens is 1. The van der Waals surface area contributed by atoms with Crippen LogP contribution in [0.15, 0.2) is 54.9 Å². The topological polar surface area (TPSA) is 68.3 Å². The van der Waals surface area contributed by atoms with Crippen LogP contribution < -0.4 is 20.1 Å². The van der Waals surface area contributed by atoms with Crippen molar-refractivity contribution in [2.24, 2.45) is 0 Å². The Kier molecular flexibility index (Phi) is 5.20. The number of methoxy groups -OCH3 is 2. The van der Waals surface area contributed by atoms with E-state index in [2.05, 4.69) is 20.6 Å². The molecule has 1 aromatic heterocycles. The van der Waals surface area contributed by atoms with Crippen LogP contribution in [0.1, 0.15) is 0 Å². The molecule has 0 aliphatic heterocycles. The summed E-state index contributed by atoms with van der Waals surface area (Å²) in [5.74, 6) is 2.73. The van der Waals surface area contributed by atoms with E-state index in [1.165, 1.54) is 6.33 Å². The third kappa shape index (κ3) is 4.30. The van der Waals surface area contributed by atoms with Crippen LogP contribution in [0.2, 0.25) is 5.02 Å². The van der Waals surface area contributed by atoms with Gasteiger partial charge in [0, 0.05) is 17.4 Å².